The Hall–Kier alpha value is -1.63. The molecule has 24 heavy (non-hydrogen) atoms. The number of halogens is 4. The fourth-order valence-electron chi connectivity index (χ4n) is 3.55. The number of nitrogens with one attached hydrogen (secondary N) is 1. The van der Waals surface area contributed by atoms with Gasteiger partial charge in [-0.15, -0.1) is 13.2 Å². The quantitative estimate of drug-likeness (QED) is 0.835. The summed E-state index contributed by atoms with van der Waals surface area (Å²) in [5.41, 5.74) is 5.11. The highest BCUT2D eigenvalue weighted by Crippen LogP contribution is 2.39. The molecule has 0 radical (unpaired) electrons. The van der Waals surface area contributed by atoms with Gasteiger partial charge in [-0.25, -0.2) is 0 Å². The Bertz CT molecular complexity index is 612. The highest BCUT2D eigenvalue weighted by Gasteiger charge is 2.43. The molecule has 1 amide bonds. The van der Waals surface area contributed by atoms with E-state index >= 15 is 0 Å². The summed E-state index contributed by atoms with van der Waals surface area (Å²) in [6, 6.07) is 3.81. The average Bonchev–Trinajstić information content (AvgIpc) is 2.39. The second-order valence-electron chi connectivity index (χ2n) is 6.62. The Morgan fingerprint density at radius 2 is 1.92 bits per heavy atom. The maximum atomic E-state index is 12.3. The fraction of sp³-hybridized carbons (Fsp3) is 0.562. The van der Waals surface area contributed by atoms with Gasteiger partial charge in [-0.3, -0.25) is 4.79 Å². The number of rotatable bonds is 4. The number of hydrogen-bond acceptors (Lipinski definition) is 3. The molecule has 134 valence electrons. The number of benzene rings is 1. The minimum atomic E-state index is -4.82. The van der Waals surface area contributed by atoms with Crippen LogP contribution in [0.3, 0.4) is 0 Å². The summed E-state index contributed by atoms with van der Waals surface area (Å²) in [7, 11) is 0. The van der Waals surface area contributed by atoms with Gasteiger partial charge in [0.2, 0.25) is 5.91 Å². The molecule has 8 heteroatoms. The van der Waals surface area contributed by atoms with Crippen molar-refractivity contribution in [3.63, 3.8) is 0 Å². The molecular formula is C16H20ClF3N2O2. The van der Waals surface area contributed by atoms with E-state index in [1.807, 2.05) is 13.8 Å². The van der Waals surface area contributed by atoms with Gasteiger partial charge in [-0.1, -0.05) is 25.4 Å². The molecular weight excluding hydrogens is 345 g/mol. The molecule has 1 aliphatic carbocycles. The second-order valence-corrected chi connectivity index (χ2v) is 7.03. The van der Waals surface area contributed by atoms with Crippen molar-refractivity contribution in [2.75, 3.05) is 5.32 Å². The van der Waals surface area contributed by atoms with E-state index in [2.05, 4.69) is 10.1 Å². The monoisotopic (exact) mass is 364 g/mol. The van der Waals surface area contributed by atoms with E-state index in [-0.39, 0.29) is 5.02 Å². The van der Waals surface area contributed by atoms with Crippen LogP contribution in [-0.2, 0) is 4.79 Å². The third-order valence-electron chi connectivity index (χ3n) is 4.21. The van der Waals surface area contributed by atoms with Crippen molar-refractivity contribution in [3.8, 4) is 5.75 Å². The molecule has 3 N–H and O–H groups in total. The van der Waals surface area contributed by atoms with Crippen LogP contribution in [0.15, 0.2) is 18.2 Å². The lowest BCUT2D eigenvalue weighted by Crippen LogP contribution is -2.54. The number of carbonyl (C=O) groups excluding carboxylic acids is 1. The van der Waals surface area contributed by atoms with Crippen LogP contribution < -0.4 is 15.8 Å². The molecule has 0 saturated heterocycles. The van der Waals surface area contributed by atoms with Crippen molar-refractivity contribution in [1.82, 2.24) is 0 Å². The normalized spacial score (nSPS) is 27.6. The lowest BCUT2D eigenvalue weighted by Gasteiger charge is -2.41. The van der Waals surface area contributed by atoms with E-state index in [4.69, 9.17) is 17.3 Å². The minimum Gasteiger partial charge on any atom is -0.404 e. The molecule has 0 bridgehead atoms. The summed E-state index contributed by atoms with van der Waals surface area (Å²) in [5.74, 6) is -0.366. The van der Waals surface area contributed by atoms with Crippen molar-refractivity contribution in [1.29, 1.82) is 0 Å². The first-order valence-corrected chi connectivity index (χ1v) is 8.02. The van der Waals surface area contributed by atoms with E-state index < -0.39 is 23.6 Å². The number of primary amides is 1. The molecule has 2 rings (SSSR count). The molecule has 0 aliphatic heterocycles. The summed E-state index contributed by atoms with van der Waals surface area (Å²) >= 11 is 5.85. The first-order chi connectivity index (χ1) is 11.0. The van der Waals surface area contributed by atoms with Crippen molar-refractivity contribution < 1.29 is 22.7 Å². The molecule has 1 aromatic rings. The molecule has 0 spiro atoms. The molecule has 1 unspecified atom stereocenters. The molecule has 0 heterocycles. The Morgan fingerprint density at radius 3 is 2.38 bits per heavy atom. The van der Waals surface area contributed by atoms with Crippen LogP contribution in [0, 0.1) is 11.8 Å². The standard InChI is InChI=1S/C16H20ClF3N2O2/c1-9-5-10(2)8-15(7-9,14(21)23)22-11-3-4-13(12(17)6-11)24-16(18,19)20/h3-4,6,9-10,22H,5,7-8H2,1-2H3,(H2,21,23)/t9-,10+,15?. The van der Waals surface area contributed by atoms with Gasteiger partial charge in [0.1, 0.15) is 11.3 Å². The molecule has 1 aliphatic rings. The number of alkyl halides is 3. The van der Waals surface area contributed by atoms with Crippen LogP contribution in [0.25, 0.3) is 0 Å². The molecule has 3 atom stereocenters. The van der Waals surface area contributed by atoms with Gasteiger partial charge in [0.15, 0.2) is 0 Å². The predicted octanol–water partition coefficient (Wildman–Crippen LogP) is 4.33. The summed E-state index contributed by atoms with van der Waals surface area (Å²) in [5, 5.41) is 2.89. The highest BCUT2D eigenvalue weighted by atomic mass is 35.5. The van der Waals surface area contributed by atoms with E-state index in [1.165, 1.54) is 12.1 Å². The zero-order valence-electron chi connectivity index (χ0n) is 13.4. The van der Waals surface area contributed by atoms with Crippen LogP contribution in [0.5, 0.6) is 5.75 Å². The summed E-state index contributed by atoms with van der Waals surface area (Å²) < 4.78 is 40.7. The molecule has 1 fully saturated rings. The van der Waals surface area contributed by atoms with Gasteiger partial charge < -0.3 is 15.8 Å². The zero-order chi connectivity index (χ0) is 18.1. The van der Waals surface area contributed by atoms with Gasteiger partial charge in [-0.05, 0) is 49.3 Å². The van der Waals surface area contributed by atoms with Crippen LogP contribution in [0.2, 0.25) is 5.02 Å². The lowest BCUT2D eigenvalue weighted by molar-refractivity contribution is -0.274. The summed E-state index contributed by atoms with van der Waals surface area (Å²) in [6.45, 7) is 4.09. The van der Waals surface area contributed by atoms with Crippen LogP contribution in [0.4, 0.5) is 18.9 Å². The van der Waals surface area contributed by atoms with Crippen LogP contribution in [-0.4, -0.2) is 17.8 Å². The Labute approximate surface area is 143 Å². The van der Waals surface area contributed by atoms with Crippen molar-refractivity contribution in [2.24, 2.45) is 17.6 Å². The average molecular weight is 365 g/mol. The van der Waals surface area contributed by atoms with Crippen LogP contribution >= 0.6 is 11.6 Å². The van der Waals surface area contributed by atoms with E-state index in [0.29, 0.717) is 30.4 Å². The summed E-state index contributed by atoms with van der Waals surface area (Å²) in [6.07, 6.45) is -2.70. The topological polar surface area (TPSA) is 64.3 Å². The largest absolute Gasteiger partial charge is 0.573 e. The number of carbonyl (C=O) groups is 1. The van der Waals surface area contributed by atoms with Crippen LogP contribution in [0.1, 0.15) is 33.1 Å². The van der Waals surface area contributed by atoms with Gasteiger partial charge in [0, 0.05) is 5.69 Å². The number of amides is 1. The lowest BCUT2D eigenvalue weighted by atomic mass is 9.71. The Kier molecular flexibility index (Phi) is 5.22. The zero-order valence-corrected chi connectivity index (χ0v) is 14.2. The third-order valence-corrected chi connectivity index (χ3v) is 4.51. The SMILES string of the molecule is C[C@@H]1C[C@H](C)CC(Nc2ccc(OC(F)(F)F)c(Cl)c2)(C(N)=O)C1. The third kappa shape index (κ3) is 4.47. The Balaban J connectivity index is 2.24. The first kappa shape index (κ1) is 18.7. The first-order valence-electron chi connectivity index (χ1n) is 7.64. The van der Waals surface area contributed by atoms with Gasteiger partial charge in [0.25, 0.3) is 0 Å². The number of anilines is 1. The number of hydrogen-bond donors (Lipinski definition) is 2. The maximum Gasteiger partial charge on any atom is 0.573 e. The maximum absolute atomic E-state index is 12.3. The predicted molar refractivity (Wildman–Crippen MR) is 85.9 cm³/mol. The van der Waals surface area contributed by atoms with Gasteiger partial charge >= 0.3 is 6.36 Å². The second kappa shape index (κ2) is 6.70. The highest BCUT2D eigenvalue weighted by molar-refractivity contribution is 6.32. The number of ether oxygens (including phenoxy) is 1. The van der Waals surface area contributed by atoms with Gasteiger partial charge in [-0.2, -0.15) is 0 Å². The van der Waals surface area contributed by atoms with Gasteiger partial charge in [0.05, 0.1) is 5.02 Å². The van der Waals surface area contributed by atoms with E-state index in [0.717, 1.165) is 12.5 Å². The molecule has 1 saturated carbocycles. The fourth-order valence-corrected chi connectivity index (χ4v) is 3.77. The van der Waals surface area contributed by atoms with Crippen molar-refractivity contribution in [3.05, 3.63) is 23.2 Å². The number of nitrogens with two attached hydrogens (primary N) is 1. The van der Waals surface area contributed by atoms with Crippen molar-refractivity contribution in [2.45, 2.75) is 45.0 Å². The van der Waals surface area contributed by atoms with E-state index in [1.54, 1.807) is 0 Å². The van der Waals surface area contributed by atoms with E-state index in [9.17, 15) is 18.0 Å². The summed E-state index contributed by atoms with van der Waals surface area (Å²) in [4.78, 5) is 12.1. The molecule has 0 aromatic heterocycles. The molecule has 1 aromatic carbocycles. The molecule has 4 nitrogen and oxygen atoms in total. The Morgan fingerprint density at radius 1 is 1.33 bits per heavy atom. The minimum absolute atomic E-state index is 0.200. The smallest absolute Gasteiger partial charge is 0.404 e. The van der Waals surface area contributed by atoms with Crippen molar-refractivity contribution >= 4 is 23.2 Å².